The molecule has 2 saturated heterocycles. The Bertz CT molecular complexity index is 1880. The van der Waals surface area contributed by atoms with Gasteiger partial charge in [0.1, 0.15) is 11.5 Å². The van der Waals surface area contributed by atoms with Crippen LogP contribution in [0.5, 0.6) is 11.5 Å². The molecule has 6 rings (SSSR count). The number of anilines is 1. The first-order valence-electron chi connectivity index (χ1n) is 17.8. The number of aryl methyl sites for hydroxylation is 1. The van der Waals surface area contributed by atoms with Crippen LogP contribution in [-0.2, 0) is 61.9 Å². The molecule has 1 unspecified atom stereocenters. The summed E-state index contributed by atoms with van der Waals surface area (Å²) < 4.78 is 36.0. The molecular weight excluding hydrogens is 800 g/mol. The quantitative estimate of drug-likeness (QED) is 0.227. The van der Waals surface area contributed by atoms with Gasteiger partial charge < -0.3 is 53.4 Å². The minimum atomic E-state index is -1.08. The van der Waals surface area contributed by atoms with Gasteiger partial charge in [0.05, 0.1) is 37.7 Å². The summed E-state index contributed by atoms with van der Waals surface area (Å²) in [5.74, 6) is 0.0333. The van der Waals surface area contributed by atoms with Crippen LogP contribution in [0.25, 0.3) is 21.9 Å². The van der Waals surface area contributed by atoms with Crippen molar-refractivity contribution in [1.29, 1.82) is 0 Å². The molecule has 4 aromatic rings. The fourth-order valence-corrected chi connectivity index (χ4v) is 5.89. The standard InChI is InChI=1S/C36H44BN3O6.2C2H4O2.Pd/c1-23-30-18-24(14-16-29(30)34(40-39-23)38-21-26-13-15-28(41-6)20-32(26)42-7)25-11-12-27(22-44-33-10-8-9-17-43-33)31(19-25)37-45-35(2,3)36(4,5)46-37;2*1-2(3)4;/h11-16,18-20,33H,8-10,17,21-22H2,1-7H3,(H,38,40);2*1H3,(H,3,4);/q;;;+2/p-2. The maximum atomic E-state index is 8.89. The third-order valence-corrected chi connectivity index (χ3v) is 9.45. The molecule has 0 spiro atoms. The molecule has 0 saturated carbocycles. The third-order valence-electron chi connectivity index (χ3n) is 9.45. The number of fused-ring (bicyclic) bond motifs is 1. The Morgan fingerprint density at radius 2 is 1.47 bits per heavy atom. The molecule has 2 aliphatic heterocycles. The van der Waals surface area contributed by atoms with E-state index in [-0.39, 0.29) is 26.7 Å². The SMILES string of the molecule is CC(=O)[O-].CC(=O)[O-].COc1ccc(CNc2nnc(C)c3cc(-c4ccc(COC5CCCCO5)c(B5OC(C)(C)C(C)(C)O5)c4)ccc23)c(OC)c1.[Pd+2]. The van der Waals surface area contributed by atoms with Crippen molar-refractivity contribution in [2.24, 2.45) is 0 Å². The first-order chi connectivity index (χ1) is 25.5. The Kier molecular flexibility index (Phi) is 16.6. The molecule has 0 amide bonds. The number of aromatic nitrogens is 2. The summed E-state index contributed by atoms with van der Waals surface area (Å²) in [4.78, 5) is 17.8. The molecule has 0 aliphatic carbocycles. The molecule has 1 N–H and O–H groups in total. The van der Waals surface area contributed by atoms with Gasteiger partial charge in [0, 0.05) is 47.5 Å². The van der Waals surface area contributed by atoms with Gasteiger partial charge in [0.15, 0.2) is 12.1 Å². The van der Waals surface area contributed by atoms with E-state index >= 15 is 0 Å². The Morgan fingerprint density at radius 1 is 0.855 bits per heavy atom. The van der Waals surface area contributed by atoms with Crippen molar-refractivity contribution in [3.05, 3.63) is 71.4 Å². The van der Waals surface area contributed by atoms with Crippen molar-refractivity contribution in [1.82, 2.24) is 10.2 Å². The number of ether oxygens (including phenoxy) is 4. The number of carbonyl (C=O) groups excluding carboxylic acids is 2. The molecular formula is C40H50BN3O10Pd. The maximum absolute atomic E-state index is 8.89. The Balaban J connectivity index is 0.000000824. The number of methoxy groups -OCH3 is 2. The molecule has 0 radical (unpaired) electrons. The average molecular weight is 850 g/mol. The van der Waals surface area contributed by atoms with Crippen LogP contribution in [0.15, 0.2) is 54.6 Å². The number of hydrogen-bond acceptors (Lipinski definition) is 13. The van der Waals surface area contributed by atoms with Gasteiger partial charge in [0.25, 0.3) is 0 Å². The van der Waals surface area contributed by atoms with E-state index in [0.29, 0.717) is 19.0 Å². The molecule has 55 heavy (non-hydrogen) atoms. The zero-order chi connectivity index (χ0) is 39.6. The van der Waals surface area contributed by atoms with Crippen molar-refractivity contribution in [2.45, 2.75) is 98.4 Å². The fourth-order valence-electron chi connectivity index (χ4n) is 5.89. The molecule has 0 bridgehead atoms. The number of carboxylic acids is 2. The van der Waals surface area contributed by atoms with E-state index in [1.807, 2.05) is 25.1 Å². The van der Waals surface area contributed by atoms with Gasteiger partial charge in [-0.2, -0.15) is 5.10 Å². The summed E-state index contributed by atoms with van der Waals surface area (Å²) in [6.45, 7) is 13.9. The number of benzene rings is 3. The summed E-state index contributed by atoms with van der Waals surface area (Å²) in [6.07, 6.45) is 2.93. The Hall–Kier alpha value is -4.09. The molecule has 1 atom stereocenters. The van der Waals surface area contributed by atoms with Crippen LogP contribution in [0.3, 0.4) is 0 Å². The largest absolute Gasteiger partial charge is 2.00 e. The van der Waals surface area contributed by atoms with E-state index in [1.54, 1.807) is 14.2 Å². The van der Waals surface area contributed by atoms with Gasteiger partial charge in [-0.25, -0.2) is 0 Å². The zero-order valence-corrected chi connectivity index (χ0v) is 34.4. The number of aliphatic carboxylic acids is 2. The second-order valence-corrected chi connectivity index (χ2v) is 14.0. The van der Waals surface area contributed by atoms with Crippen molar-refractivity contribution < 1.29 is 68.5 Å². The minimum absolute atomic E-state index is 0. The Labute approximate surface area is 337 Å². The van der Waals surface area contributed by atoms with E-state index < -0.39 is 30.3 Å². The van der Waals surface area contributed by atoms with E-state index in [1.165, 1.54) is 0 Å². The number of nitrogens with zero attached hydrogens (tertiary/aromatic N) is 2. The molecule has 3 heterocycles. The monoisotopic (exact) mass is 849 g/mol. The smallest absolute Gasteiger partial charge is 0.550 e. The molecule has 3 aromatic carbocycles. The molecule has 15 heteroatoms. The summed E-state index contributed by atoms with van der Waals surface area (Å²) in [5.41, 5.74) is 5.03. The van der Waals surface area contributed by atoms with E-state index in [9.17, 15) is 0 Å². The van der Waals surface area contributed by atoms with Crippen molar-refractivity contribution in [2.75, 3.05) is 26.1 Å². The maximum Gasteiger partial charge on any atom is 2.00 e. The number of carbonyl (C=O) groups is 2. The molecule has 298 valence electrons. The average Bonchev–Trinajstić information content (AvgIpc) is 3.35. The topological polar surface area (TPSA) is 173 Å². The number of hydrogen-bond donors (Lipinski definition) is 1. The van der Waals surface area contributed by atoms with Gasteiger partial charge in [-0.15, -0.1) is 5.10 Å². The fraction of sp³-hybridized carbons (Fsp3) is 0.450. The number of rotatable bonds is 10. The van der Waals surface area contributed by atoms with Crippen molar-refractivity contribution in [3.63, 3.8) is 0 Å². The summed E-state index contributed by atoms with van der Waals surface area (Å²) >= 11 is 0. The number of carboxylic acid groups (broad SMARTS) is 2. The van der Waals surface area contributed by atoms with E-state index in [2.05, 4.69) is 79.6 Å². The van der Waals surface area contributed by atoms with Crippen LogP contribution in [0, 0.1) is 6.92 Å². The minimum Gasteiger partial charge on any atom is -0.550 e. The normalized spacial score (nSPS) is 16.7. The van der Waals surface area contributed by atoms with Crippen LogP contribution < -0.4 is 30.5 Å². The van der Waals surface area contributed by atoms with Crippen molar-refractivity contribution >= 4 is 41.1 Å². The van der Waals surface area contributed by atoms with Crippen LogP contribution >= 0.6 is 0 Å². The first kappa shape index (κ1) is 45.3. The van der Waals surface area contributed by atoms with E-state index in [0.717, 1.165) is 95.4 Å². The Morgan fingerprint density at radius 3 is 2.07 bits per heavy atom. The second kappa shape index (κ2) is 20.2. The third kappa shape index (κ3) is 12.2. The predicted molar refractivity (Wildman–Crippen MR) is 202 cm³/mol. The van der Waals surface area contributed by atoms with Crippen LogP contribution in [0.2, 0.25) is 0 Å². The molecule has 1 aromatic heterocycles. The predicted octanol–water partition coefficient (Wildman–Crippen LogP) is 4.09. The van der Waals surface area contributed by atoms with Gasteiger partial charge in [-0.3, -0.25) is 0 Å². The summed E-state index contributed by atoms with van der Waals surface area (Å²) in [6, 6.07) is 18.6. The van der Waals surface area contributed by atoms with Gasteiger partial charge in [0.2, 0.25) is 0 Å². The molecule has 2 fully saturated rings. The first-order valence-corrected chi connectivity index (χ1v) is 17.8. The van der Waals surface area contributed by atoms with Crippen LogP contribution in [-0.4, -0.2) is 67.6 Å². The van der Waals surface area contributed by atoms with Gasteiger partial charge in [-0.1, -0.05) is 24.3 Å². The van der Waals surface area contributed by atoms with E-state index in [4.69, 9.17) is 48.1 Å². The van der Waals surface area contributed by atoms with Gasteiger partial charge in [-0.05, 0) is 114 Å². The van der Waals surface area contributed by atoms with Crippen molar-refractivity contribution in [3.8, 4) is 22.6 Å². The van der Waals surface area contributed by atoms with Crippen LogP contribution in [0.4, 0.5) is 5.82 Å². The number of nitrogens with one attached hydrogen (secondary N) is 1. The molecule has 2 aliphatic rings. The molecule has 13 nitrogen and oxygen atoms in total. The zero-order valence-electron chi connectivity index (χ0n) is 32.9. The second-order valence-electron chi connectivity index (χ2n) is 14.0. The van der Waals surface area contributed by atoms with Crippen LogP contribution in [0.1, 0.15) is 77.6 Å². The summed E-state index contributed by atoms with van der Waals surface area (Å²) in [7, 11) is 2.78. The van der Waals surface area contributed by atoms with Gasteiger partial charge >= 0.3 is 27.5 Å². The summed E-state index contributed by atoms with van der Waals surface area (Å²) in [5, 5.41) is 32.2.